The van der Waals surface area contributed by atoms with Crippen molar-refractivity contribution < 1.29 is 0 Å². The van der Waals surface area contributed by atoms with Gasteiger partial charge in [0.05, 0.1) is 5.69 Å². The Balaban J connectivity index is 1.64. The summed E-state index contributed by atoms with van der Waals surface area (Å²) >= 11 is 0. The van der Waals surface area contributed by atoms with Gasteiger partial charge in [-0.15, -0.1) is 0 Å². The molecule has 0 amide bonds. The number of pyridine rings is 1. The Morgan fingerprint density at radius 3 is 1.91 bits per heavy atom. The SMILES string of the molecule is Cc1cc(-c2nccc3c2ccc2c3ccc3c4ccccc4ccc32)cc(C(C)(C)C)c1. The molecule has 1 heteroatoms. The first-order chi connectivity index (χ1) is 15.9. The van der Waals surface area contributed by atoms with Gasteiger partial charge in [-0.2, -0.15) is 0 Å². The number of rotatable bonds is 1. The van der Waals surface area contributed by atoms with E-state index in [1.54, 1.807) is 0 Å². The zero-order valence-corrected chi connectivity index (χ0v) is 19.6. The fourth-order valence-corrected chi connectivity index (χ4v) is 5.15. The highest BCUT2D eigenvalue weighted by atomic mass is 14.7. The monoisotopic (exact) mass is 425 g/mol. The first kappa shape index (κ1) is 19.9. The lowest BCUT2D eigenvalue weighted by atomic mass is 9.84. The van der Waals surface area contributed by atoms with Crippen molar-refractivity contribution in [3.8, 4) is 11.3 Å². The lowest BCUT2D eigenvalue weighted by Crippen LogP contribution is -2.11. The third-order valence-electron chi connectivity index (χ3n) is 6.88. The predicted octanol–water partition coefficient (Wildman–Crippen LogP) is 8.97. The summed E-state index contributed by atoms with van der Waals surface area (Å²) in [5.41, 5.74) is 4.96. The summed E-state index contributed by atoms with van der Waals surface area (Å²) in [6, 6.07) is 31.3. The maximum Gasteiger partial charge on any atom is 0.0780 e. The Hall–Kier alpha value is -3.71. The predicted molar refractivity (Wildman–Crippen MR) is 143 cm³/mol. The van der Waals surface area contributed by atoms with Gasteiger partial charge < -0.3 is 0 Å². The minimum Gasteiger partial charge on any atom is -0.256 e. The topological polar surface area (TPSA) is 12.9 Å². The molecule has 5 aromatic carbocycles. The van der Waals surface area contributed by atoms with Crippen molar-refractivity contribution in [1.29, 1.82) is 0 Å². The second-order valence-corrected chi connectivity index (χ2v) is 10.2. The molecule has 160 valence electrons. The Kier molecular flexibility index (Phi) is 4.32. The zero-order valence-electron chi connectivity index (χ0n) is 19.6. The van der Waals surface area contributed by atoms with E-state index in [1.807, 2.05) is 6.20 Å². The fraction of sp³-hybridized carbons (Fsp3) is 0.156. The third-order valence-corrected chi connectivity index (χ3v) is 6.88. The molecule has 1 nitrogen and oxygen atoms in total. The van der Waals surface area contributed by atoms with Crippen molar-refractivity contribution in [2.24, 2.45) is 0 Å². The molecule has 0 aliphatic carbocycles. The fourth-order valence-electron chi connectivity index (χ4n) is 5.15. The highest BCUT2D eigenvalue weighted by molar-refractivity contribution is 6.23. The lowest BCUT2D eigenvalue weighted by Gasteiger charge is -2.21. The van der Waals surface area contributed by atoms with Crippen LogP contribution in [0.25, 0.3) is 54.3 Å². The first-order valence-corrected chi connectivity index (χ1v) is 11.6. The normalized spacial score (nSPS) is 12.2. The first-order valence-electron chi connectivity index (χ1n) is 11.6. The van der Waals surface area contributed by atoms with Gasteiger partial charge in [-0.25, -0.2) is 0 Å². The average molecular weight is 426 g/mol. The maximum atomic E-state index is 4.85. The molecule has 1 heterocycles. The molecule has 6 aromatic rings. The maximum absolute atomic E-state index is 4.85. The molecule has 0 N–H and O–H groups in total. The van der Waals surface area contributed by atoms with E-state index in [9.17, 15) is 0 Å². The second-order valence-electron chi connectivity index (χ2n) is 10.2. The number of aryl methyl sites for hydroxylation is 1. The van der Waals surface area contributed by atoms with Crippen LogP contribution in [0.5, 0.6) is 0 Å². The summed E-state index contributed by atoms with van der Waals surface area (Å²) in [7, 11) is 0. The second kappa shape index (κ2) is 7.15. The highest BCUT2D eigenvalue weighted by Crippen LogP contribution is 2.38. The van der Waals surface area contributed by atoms with Crippen LogP contribution in [0.1, 0.15) is 31.9 Å². The van der Waals surface area contributed by atoms with Crippen molar-refractivity contribution >= 4 is 43.1 Å². The average Bonchev–Trinajstić information content (AvgIpc) is 2.82. The molecule has 0 atom stereocenters. The van der Waals surface area contributed by atoms with E-state index in [1.165, 1.54) is 59.8 Å². The Labute approximate surface area is 194 Å². The van der Waals surface area contributed by atoms with Crippen LogP contribution in [0.15, 0.2) is 91.1 Å². The molecular formula is C32H27N. The number of fused-ring (bicyclic) bond motifs is 7. The summed E-state index contributed by atoms with van der Waals surface area (Å²) in [6.07, 6.45) is 1.96. The van der Waals surface area contributed by atoms with E-state index in [-0.39, 0.29) is 5.41 Å². The number of hydrogen-bond donors (Lipinski definition) is 0. The van der Waals surface area contributed by atoms with E-state index in [0.29, 0.717) is 0 Å². The van der Waals surface area contributed by atoms with Gasteiger partial charge in [0.25, 0.3) is 0 Å². The van der Waals surface area contributed by atoms with Crippen molar-refractivity contribution in [3.05, 3.63) is 102 Å². The minimum absolute atomic E-state index is 0.0970. The van der Waals surface area contributed by atoms with Crippen LogP contribution in [-0.4, -0.2) is 4.98 Å². The van der Waals surface area contributed by atoms with E-state index in [4.69, 9.17) is 4.98 Å². The molecule has 0 aliphatic rings. The molecule has 0 spiro atoms. The molecule has 0 aliphatic heterocycles. The summed E-state index contributed by atoms with van der Waals surface area (Å²) < 4.78 is 0. The summed E-state index contributed by atoms with van der Waals surface area (Å²) in [4.78, 5) is 4.85. The Morgan fingerprint density at radius 1 is 0.576 bits per heavy atom. The van der Waals surface area contributed by atoms with E-state index in [2.05, 4.69) is 113 Å². The quantitative estimate of drug-likeness (QED) is 0.240. The molecule has 1 aromatic heterocycles. The van der Waals surface area contributed by atoms with Crippen LogP contribution >= 0.6 is 0 Å². The van der Waals surface area contributed by atoms with E-state index in [0.717, 1.165) is 5.69 Å². The molecule has 6 rings (SSSR count). The lowest BCUT2D eigenvalue weighted by molar-refractivity contribution is 0.590. The van der Waals surface area contributed by atoms with Gasteiger partial charge in [0, 0.05) is 17.1 Å². The van der Waals surface area contributed by atoms with Crippen LogP contribution in [0.4, 0.5) is 0 Å². The largest absolute Gasteiger partial charge is 0.256 e. The van der Waals surface area contributed by atoms with Gasteiger partial charge in [-0.3, -0.25) is 4.98 Å². The minimum atomic E-state index is 0.0970. The summed E-state index contributed by atoms with van der Waals surface area (Å²) in [6.45, 7) is 8.98. The molecule has 0 fully saturated rings. The zero-order chi connectivity index (χ0) is 22.7. The molecular weight excluding hydrogens is 398 g/mol. The Morgan fingerprint density at radius 2 is 1.18 bits per heavy atom. The van der Waals surface area contributed by atoms with Gasteiger partial charge in [-0.05, 0) is 73.8 Å². The molecule has 0 radical (unpaired) electrons. The number of benzene rings is 5. The molecule has 0 saturated carbocycles. The molecule has 33 heavy (non-hydrogen) atoms. The van der Waals surface area contributed by atoms with Crippen molar-refractivity contribution in [2.75, 3.05) is 0 Å². The molecule has 0 unspecified atom stereocenters. The van der Waals surface area contributed by atoms with Crippen molar-refractivity contribution in [3.63, 3.8) is 0 Å². The smallest absolute Gasteiger partial charge is 0.0780 e. The van der Waals surface area contributed by atoms with Crippen LogP contribution < -0.4 is 0 Å². The van der Waals surface area contributed by atoms with Crippen molar-refractivity contribution in [2.45, 2.75) is 33.1 Å². The van der Waals surface area contributed by atoms with Gasteiger partial charge in [0.1, 0.15) is 0 Å². The summed E-state index contributed by atoms with van der Waals surface area (Å²) in [5.74, 6) is 0. The van der Waals surface area contributed by atoms with Crippen LogP contribution in [0.2, 0.25) is 0 Å². The highest BCUT2D eigenvalue weighted by Gasteiger charge is 2.17. The summed E-state index contributed by atoms with van der Waals surface area (Å²) in [5, 5.41) is 10.2. The third kappa shape index (κ3) is 3.19. The van der Waals surface area contributed by atoms with Gasteiger partial charge in [0.2, 0.25) is 0 Å². The number of aromatic nitrogens is 1. The number of nitrogens with zero attached hydrogens (tertiary/aromatic N) is 1. The molecule has 0 saturated heterocycles. The Bertz CT molecular complexity index is 1700. The van der Waals surface area contributed by atoms with Crippen LogP contribution in [0.3, 0.4) is 0 Å². The number of hydrogen-bond acceptors (Lipinski definition) is 1. The van der Waals surface area contributed by atoms with Gasteiger partial charge in [-0.1, -0.05) is 93.1 Å². The van der Waals surface area contributed by atoms with E-state index < -0.39 is 0 Å². The van der Waals surface area contributed by atoms with Gasteiger partial charge in [0.15, 0.2) is 0 Å². The standard InChI is InChI=1S/C32H27N/c1-20-17-22(19-23(18-20)32(2,3)4)31-30-14-13-27-26-10-9-21-7-5-6-8-24(21)25(26)11-12-28(27)29(30)15-16-33-31/h5-19H,1-4H3. The van der Waals surface area contributed by atoms with Gasteiger partial charge >= 0.3 is 0 Å². The van der Waals surface area contributed by atoms with Crippen LogP contribution in [-0.2, 0) is 5.41 Å². The molecule has 0 bridgehead atoms. The van der Waals surface area contributed by atoms with E-state index >= 15 is 0 Å². The van der Waals surface area contributed by atoms with Crippen LogP contribution in [0, 0.1) is 6.92 Å². The van der Waals surface area contributed by atoms with Crippen molar-refractivity contribution in [1.82, 2.24) is 4.98 Å².